The Labute approximate surface area is 40.0 Å². The Morgan fingerprint density at radius 1 is 1.83 bits per heavy atom. The van der Waals surface area contributed by atoms with Gasteiger partial charge < -0.3 is 9.16 Å². The molecule has 6 heavy (non-hydrogen) atoms. The summed E-state index contributed by atoms with van der Waals surface area (Å²) in [4.78, 5) is 0. The van der Waals surface area contributed by atoms with Crippen molar-refractivity contribution in [2.75, 3.05) is 6.61 Å². The second kappa shape index (κ2) is 1.73. The lowest BCUT2D eigenvalue weighted by molar-refractivity contribution is -0.163. The van der Waals surface area contributed by atoms with Crippen LogP contribution < -0.4 is 0 Å². The van der Waals surface area contributed by atoms with E-state index >= 15 is 0 Å². The van der Waals surface area contributed by atoms with E-state index in [1.807, 2.05) is 0 Å². The molecule has 36 valence electrons. The van der Waals surface area contributed by atoms with Crippen LogP contribution in [0, 0.1) is 0 Å². The molecule has 0 amide bonds. The maximum Gasteiger partial charge on any atom is 0.149 e. The van der Waals surface area contributed by atoms with E-state index in [2.05, 4.69) is 0 Å². The van der Waals surface area contributed by atoms with Gasteiger partial charge in [-0.15, -0.1) is 0 Å². The molecule has 0 aliphatic carbocycles. The van der Waals surface area contributed by atoms with Crippen molar-refractivity contribution in [1.29, 1.82) is 0 Å². The summed E-state index contributed by atoms with van der Waals surface area (Å²) in [5.41, 5.74) is 0. The van der Waals surface area contributed by atoms with E-state index in [0.29, 0.717) is 0 Å². The predicted molar refractivity (Wildman–Crippen MR) is 25.4 cm³/mol. The summed E-state index contributed by atoms with van der Waals surface area (Å²) in [6.07, 6.45) is 1.28. The van der Waals surface area contributed by atoms with Crippen molar-refractivity contribution in [2.45, 2.75) is 12.7 Å². The zero-order valence-electron chi connectivity index (χ0n) is 3.81. The number of ether oxygens (including phenoxy) is 1. The van der Waals surface area contributed by atoms with Crippen LogP contribution >= 0.6 is 0 Å². The van der Waals surface area contributed by atoms with E-state index in [1.54, 1.807) is 0 Å². The van der Waals surface area contributed by atoms with Gasteiger partial charge in [-0.05, 0) is 0 Å². The molecule has 0 radical (unpaired) electrons. The molecule has 1 atom stereocenters. The topological polar surface area (TPSA) is 18.5 Å². The second-order valence-corrected chi connectivity index (χ2v) is 1.80. The summed E-state index contributed by atoms with van der Waals surface area (Å²) < 4.78 is 9.80. The van der Waals surface area contributed by atoms with Gasteiger partial charge in [-0.2, -0.15) is 0 Å². The molecule has 0 spiro atoms. The molecule has 1 saturated heterocycles. The molecule has 0 aromatic heterocycles. The standard InChI is InChI=1S/C3H8O2Si/c6-5-3-1-2-4-3/h3H,1-2H2,6H3. The number of hydrogen-bond acceptors (Lipinski definition) is 2. The van der Waals surface area contributed by atoms with E-state index in [1.165, 1.54) is 0 Å². The molecule has 1 aliphatic heterocycles. The second-order valence-electron chi connectivity index (χ2n) is 1.32. The Morgan fingerprint density at radius 3 is 2.50 bits per heavy atom. The van der Waals surface area contributed by atoms with Gasteiger partial charge >= 0.3 is 0 Å². The van der Waals surface area contributed by atoms with Gasteiger partial charge in [0.1, 0.15) is 16.8 Å². The summed E-state index contributed by atoms with van der Waals surface area (Å²) >= 11 is 0. The third kappa shape index (κ3) is 0.615. The van der Waals surface area contributed by atoms with Gasteiger partial charge in [-0.3, -0.25) is 0 Å². The van der Waals surface area contributed by atoms with Crippen molar-refractivity contribution < 1.29 is 9.16 Å². The number of rotatable bonds is 1. The zero-order chi connectivity index (χ0) is 4.41. The first kappa shape index (κ1) is 4.30. The fourth-order valence-corrected chi connectivity index (χ4v) is 0.772. The zero-order valence-corrected chi connectivity index (χ0v) is 5.81. The van der Waals surface area contributed by atoms with E-state index in [0.717, 1.165) is 23.5 Å². The van der Waals surface area contributed by atoms with Gasteiger partial charge in [0.25, 0.3) is 0 Å². The highest BCUT2D eigenvalue weighted by Gasteiger charge is 2.14. The molecule has 1 fully saturated rings. The van der Waals surface area contributed by atoms with Crippen LogP contribution in [0.3, 0.4) is 0 Å². The van der Waals surface area contributed by atoms with Crippen LogP contribution in [0.15, 0.2) is 0 Å². The van der Waals surface area contributed by atoms with Crippen molar-refractivity contribution in [3.63, 3.8) is 0 Å². The highest BCUT2D eigenvalue weighted by Crippen LogP contribution is 2.09. The first-order chi connectivity index (χ1) is 2.93. The van der Waals surface area contributed by atoms with Crippen LogP contribution in [0.5, 0.6) is 0 Å². The summed E-state index contributed by atoms with van der Waals surface area (Å²) in [5, 5.41) is 0. The molecule has 3 heteroatoms. The first-order valence-corrected chi connectivity index (χ1v) is 2.89. The SMILES string of the molecule is [SiH3]OC1CCO1. The molecule has 0 saturated carbocycles. The molecule has 2 nitrogen and oxygen atoms in total. The van der Waals surface area contributed by atoms with Crippen molar-refractivity contribution in [2.24, 2.45) is 0 Å². The third-order valence-electron chi connectivity index (χ3n) is 0.920. The summed E-state index contributed by atoms with van der Waals surface area (Å²) in [7, 11) is 0.809. The maximum absolute atomic E-state index is 4.90. The predicted octanol–water partition coefficient (Wildman–Crippen LogP) is -0.970. The average Bonchev–Trinajstić information content (AvgIpc) is 1.31. The maximum atomic E-state index is 4.90. The third-order valence-corrected chi connectivity index (χ3v) is 1.45. The summed E-state index contributed by atoms with van der Waals surface area (Å²) in [5.74, 6) is 0. The van der Waals surface area contributed by atoms with Gasteiger partial charge in [0.05, 0.1) is 6.61 Å². The van der Waals surface area contributed by atoms with Crippen LogP contribution in [0.2, 0.25) is 0 Å². The van der Waals surface area contributed by atoms with E-state index in [-0.39, 0.29) is 6.29 Å². The van der Waals surface area contributed by atoms with E-state index < -0.39 is 0 Å². The Hall–Kier alpha value is 0.137. The minimum atomic E-state index is 0.177. The minimum Gasteiger partial charge on any atom is -0.404 e. The molecular formula is C3H8O2Si. The molecule has 0 aromatic rings. The van der Waals surface area contributed by atoms with Gasteiger partial charge in [-0.1, -0.05) is 0 Å². The quantitative estimate of drug-likeness (QED) is 0.398. The van der Waals surface area contributed by atoms with Gasteiger partial charge in [0.15, 0.2) is 0 Å². The smallest absolute Gasteiger partial charge is 0.149 e. The van der Waals surface area contributed by atoms with Crippen LogP contribution in [0.4, 0.5) is 0 Å². The Morgan fingerprint density at radius 2 is 2.50 bits per heavy atom. The summed E-state index contributed by atoms with van der Waals surface area (Å²) in [6, 6.07) is 0. The molecule has 0 aromatic carbocycles. The van der Waals surface area contributed by atoms with Crippen molar-refractivity contribution >= 4 is 10.5 Å². The van der Waals surface area contributed by atoms with Crippen LogP contribution in [0.25, 0.3) is 0 Å². The van der Waals surface area contributed by atoms with Gasteiger partial charge in [0.2, 0.25) is 0 Å². The lowest BCUT2D eigenvalue weighted by atomic mass is 10.4. The monoisotopic (exact) mass is 104 g/mol. The average molecular weight is 104 g/mol. The Bertz CT molecular complexity index is 41.3. The number of hydrogen-bond donors (Lipinski definition) is 0. The van der Waals surface area contributed by atoms with Crippen molar-refractivity contribution in [1.82, 2.24) is 0 Å². The molecule has 1 heterocycles. The van der Waals surface area contributed by atoms with Crippen LogP contribution in [-0.4, -0.2) is 23.4 Å². The van der Waals surface area contributed by atoms with Gasteiger partial charge in [0, 0.05) is 6.42 Å². The molecule has 1 rings (SSSR count). The largest absolute Gasteiger partial charge is 0.404 e. The first-order valence-electron chi connectivity index (χ1n) is 2.08. The van der Waals surface area contributed by atoms with E-state index in [4.69, 9.17) is 9.16 Å². The normalized spacial score (nSPS) is 33.0. The lowest BCUT2D eigenvalue weighted by Gasteiger charge is -2.24. The fourth-order valence-electron chi connectivity index (χ4n) is 0.400. The molecule has 0 N–H and O–H groups in total. The van der Waals surface area contributed by atoms with Crippen LogP contribution in [0.1, 0.15) is 6.42 Å². The molecule has 1 aliphatic rings. The Balaban J connectivity index is 2.01. The lowest BCUT2D eigenvalue weighted by Crippen LogP contribution is -2.28. The fraction of sp³-hybridized carbons (Fsp3) is 1.00. The van der Waals surface area contributed by atoms with E-state index in [9.17, 15) is 0 Å². The highest BCUT2D eigenvalue weighted by molar-refractivity contribution is 5.98. The van der Waals surface area contributed by atoms with Gasteiger partial charge in [-0.25, -0.2) is 0 Å². The highest BCUT2D eigenvalue weighted by atomic mass is 28.2. The van der Waals surface area contributed by atoms with Crippen molar-refractivity contribution in [3.8, 4) is 0 Å². The minimum absolute atomic E-state index is 0.177. The Kier molecular flexibility index (Phi) is 1.24. The molecule has 1 unspecified atom stereocenters. The molecule has 0 bridgehead atoms. The summed E-state index contributed by atoms with van der Waals surface area (Å²) in [6.45, 7) is 0.896. The molecular weight excluding hydrogens is 96.1 g/mol. The van der Waals surface area contributed by atoms with Crippen molar-refractivity contribution in [3.05, 3.63) is 0 Å². The van der Waals surface area contributed by atoms with Crippen LogP contribution in [-0.2, 0) is 9.16 Å².